The Morgan fingerprint density at radius 3 is 2.33 bits per heavy atom. The maximum absolute atomic E-state index is 13.8. The van der Waals surface area contributed by atoms with Crippen LogP contribution in [0, 0.1) is 19.8 Å². The van der Waals surface area contributed by atoms with Crippen LogP contribution in [-0.2, 0) is 14.3 Å². The summed E-state index contributed by atoms with van der Waals surface area (Å²) in [5.41, 5.74) is 3.21. The van der Waals surface area contributed by atoms with Crippen LogP contribution in [0.15, 0.2) is 84.9 Å². The van der Waals surface area contributed by atoms with Gasteiger partial charge in [-0.2, -0.15) is 0 Å². The van der Waals surface area contributed by atoms with Gasteiger partial charge in [0.1, 0.15) is 12.0 Å². The number of cyclic esters (lactones) is 1. The number of esters is 1. The minimum absolute atomic E-state index is 0.256. The lowest BCUT2D eigenvalue weighted by Crippen LogP contribution is -2.38. The van der Waals surface area contributed by atoms with Gasteiger partial charge in [0.25, 0.3) is 5.91 Å². The molecule has 1 aliphatic rings. The number of carbonyl (C=O) groups excluding carboxylic acids is 4. The zero-order valence-electron chi connectivity index (χ0n) is 19.8. The van der Waals surface area contributed by atoms with Crippen molar-refractivity contribution in [2.24, 2.45) is 5.92 Å². The first kappa shape index (κ1) is 23.2. The van der Waals surface area contributed by atoms with E-state index < -0.39 is 35.5 Å². The van der Waals surface area contributed by atoms with E-state index in [2.05, 4.69) is 5.32 Å². The molecule has 1 heterocycles. The molecule has 1 amide bonds. The summed E-state index contributed by atoms with van der Waals surface area (Å²) in [6.07, 6.45) is -1.20. The number of benzene rings is 4. The fourth-order valence-electron chi connectivity index (χ4n) is 4.62. The molecule has 0 aliphatic carbocycles. The standard InChI is InChI=1S/C30H23NO5/c1-17-11-14-24(18(2)15-17)31-29(34)27(33)25(28-22-9-5-6-10-23(22)30(35)36-28)26(32)21-13-12-19-7-3-4-8-20(19)16-21/h3-16,25,28H,1-2H3,(H,31,34)/t25-,28-/m0/s1. The number of Topliss-reactive ketones (excluding diaryl/α,β-unsaturated/α-hetero) is 2. The van der Waals surface area contributed by atoms with Gasteiger partial charge in [0.2, 0.25) is 5.78 Å². The van der Waals surface area contributed by atoms with Gasteiger partial charge < -0.3 is 10.1 Å². The van der Waals surface area contributed by atoms with E-state index in [1.54, 1.807) is 48.5 Å². The van der Waals surface area contributed by atoms with Crippen LogP contribution in [0.1, 0.15) is 43.5 Å². The number of fused-ring (bicyclic) bond motifs is 2. The predicted molar refractivity (Wildman–Crippen MR) is 136 cm³/mol. The van der Waals surface area contributed by atoms with Crippen LogP contribution in [0.2, 0.25) is 0 Å². The molecule has 6 nitrogen and oxygen atoms in total. The summed E-state index contributed by atoms with van der Waals surface area (Å²) in [6.45, 7) is 3.74. The van der Waals surface area contributed by atoms with Crippen molar-refractivity contribution in [2.75, 3.05) is 5.32 Å². The second-order valence-electron chi connectivity index (χ2n) is 8.95. The number of rotatable bonds is 6. The number of carbonyl (C=O) groups is 4. The van der Waals surface area contributed by atoms with Crippen molar-refractivity contribution in [1.82, 2.24) is 0 Å². The third-order valence-electron chi connectivity index (χ3n) is 6.48. The van der Waals surface area contributed by atoms with Gasteiger partial charge in [0, 0.05) is 16.8 Å². The molecular formula is C30H23NO5. The quantitative estimate of drug-likeness (QED) is 0.174. The predicted octanol–water partition coefficient (Wildman–Crippen LogP) is 5.38. The lowest BCUT2D eigenvalue weighted by molar-refractivity contribution is -0.138. The number of amides is 1. The number of aryl methyl sites for hydroxylation is 2. The Kier molecular flexibility index (Phi) is 5.94. The average Bonchev–Trinajstić information content (AvgIpc) is 3.21. The molecule has 0 fully saturated rings. The summed E-state index contributed by atoms with van der Waals surface area (Å²) >= 11 is 0. The Morgan fingerprint density at radius 1 is 0.833 bits per heavy atom. The molecule has 0 radical (unpaired) electrons. The summed E-state index contributed by atoms with van der Waals surface area (Å²) in [4.78, 5) is 53.1. The van der Waals surface area contributed by atoms with Crippen molar-refractivity contribution >= 4 is 39.9 Å². The maximum Gasteiger partial charge on any atom is 0.339 e. The van der Waals surface area contributed by atoms with Crippen molar-refractivity contribution in [2.45, 2.75) is 20.0 Å². The SMILES string of the molecule is Cc1ccc(NC(=O)C(=O)[C@H](C(=O)c2ccc3ccccc3c2)[C@H]2OC(=O)c3ccccc32)c(C)c1. The molecule has 4 aromatic rings. The van der Waals surface area contributed by atoms with E-state index in [-0.39, 0.29) is 11.1 Å². The molecule has 0 bridgehead atoms. The van der Waals surface area contributed by atoms with Gasteiger partial charge >= 0.3 is 5.97 Å². The van der Waals surface area contributed by atoms with Crippen LogP contribution in [0.25, 0.3) is 10.8 Å². The van der Waals surface area contributed by atoms with E-state index in [1.807, 2.05) is 50.2 Å². The van der Waals surface area contributed by atoms with Crippen LogP contribution in [0.3, 0.4) is 0 Å². The summed E-state index contributed by atoms with van der Waals surface area (Å²) in [5.74, 6) is -4.67. The Morgan fingerprint density at radius 2 is 1.56 bits per heavy atom. The highest BCUT2D eigenvalue weighted by Crippen LogP contribution is 2.38. The minimum Gasteiger partial charge on any atom is -0.453 e. The van der Waals surface area contributed by atoms with Crippen molar-refractivity contribution in [1.29, 1.82) is 0 Å². The highest BCUT2D eigenvalue weighted by molar-refractivity contribution is 6.45. The largest absolute Gasteiger partial charge is 0.453 e. The van der Waals surface area contributed by atoms with Crippen molar-refractivity contribution in [3.63, 3.8) is 0 Å². The summed E-state index contributed by atoms with van der Waals surface area (Å²) in [5, 5.41) is 4.38. The van der Waals surface area contributed by atoms with E-state index in [9.17, 15) is 19.2 Å². The first-order valence-corrected chi connectivity index (χ1v) is 11.6. The van der Waals surface area contributed by atoms with Gasteiger partial charge in [0.05, 0.1) is 5.56 Å². The highest BCUT2D eigenvalue weighted by Gasteiger charge is 2.46. The van der Waals surface area contributed by atoms with Gasteiger partial charge in [-0.1, -0.05) is 72.3 Å². The van der Waals surface area contributed by atoms with Gasteiger partial charge in [-0.05, 0) is 48.4 Å². The Hall–Kier alpha value is -4.58. The van der Waals surface area contributed by atoms with E-state index >= 15 is 0 Å². The number of nitrogens with one attached hydrogen (secondary N) is 1. The molecule has 0 spiro atoms. The molecule has 0 unspecified atom stereocenters. The molecule has 0 saturated carbocycles. The fraction of sp³-hybridized carbons (Fsp3) is 0.133. The Balaban J connectivity index is 1.54. The van der Waals surface area contributed by atoms with E-state index in [1.165, 1.54) is 0 Å². The average molecular weight is 478 g/mol. The molecule has 0 saturated heterocycles. The second kappa shape index (κ2) is 9.23. The number of hydrogen-bond donors (Lipinski definition) is 1. The Bertz CT molecular complexity index is 1550. The third kappa shape index (κ3) is 4.18. The summed E-state index contributed by atoms with van der Waals surface area (Å²) in [6, 6.07) is 24.6. The highest BCUT2D eigenvalue weighted by atomic mass is 16.5. The van der Waals surface area contributed by atoms with Crippen molar-refractivity contribution in [3.05, 3.63) is 113 Å². The maximum atomic E-state index is 13.8. The molecule has 6 heteroatoms. The number of ketones is 2. The summed E-state index contributed by atoms with van der Waals surface area (Å²) < 4.78 is 5.52. The van der Waals surface area contributed by atoms with E-state index in [4.69, 9.17) is 4.74 Å². The second-order valence-corrected chi connectivity index (χ2v) is 8.95. The first-order chi connectivity index (χ1) is 17.3. The van der Waals surface area contributed by atoms with Crippen LogP contribution in [-0.4, -0.2) is 23.4 Å². The van der Waals surface area contributed by atoms with Crippen LogP contribution >= 0.6 is 0 Å². The zero-order valence-corrected chi connectivity index (χ0v) is 19.8. The van der Waals surface area contributed by atoms with Crippen LogP contribution in [0.4, 0.5) is 5.69 Å². The van der Waals surface area contributed by atoms with Crippen LogP contribution < -0.4 is 5.32 Å². The Labute approximate surface area is 207 Å². The molecule has 36 heavy (non-hydrogen) atoms. The molecule has 5 rings (SSSR count). The normalized spacial score (nSPS) is 15.2. The zero-order chi connectivity index (χ0) is 25.4. The minimum atomic E-state index is -1.54. The molecule has 1 aliphatic heterocycles. The number of ether oxygens (including phenoxy) is 1. The molecule has 0 aromatic heterocycles. The molecule has 2 atom stereocenters. The van der Waals surface area contributed by atoms with Gasteiger partial charge in [0.15, 0.2) is 5.78 Å². The van der Waals surface area contributed by atoms with Gasteiger partial charge in [-0.25, -0.2) is 4.79 Å². The van der Waals surface area contributed by atoms with Crippen molar-refractivity contribution < 1.29 is 23.9 Å². The number of anilines is 1. The molecule has 4 aromatic carbocycles. The van der Waals surface area contributed by atoms with Gasteiger partial charge in [-0.3, -0.25) is 14.4 Å². The molecule has 178 valence electrons. The number of hydrogen-bond acceptors (Lipinski definition) is 5. The van der Waals surface area contributed by atoms with E-state index in [0.29, 0.717) is 11.3 Å². The molecule has 1 N–H and O–H groups in total. The lowest BCUT2D eigenvalue weighted by atomic mass is 9.84. The van der Waals surface area contributed by atoms with E-state index in [0.717, 1.165) is 21.9 Å². The third-order valence-corrected chi connectivity index (χ3v) is 6.48. The topological polar surface area (TPSA) is 89.5 Å². The van der Waals surface area contributed by atoms with Crippen LogP contribution in [0.5, 0.6) is 0 Å². The smallest absolute Gasteiger partial charge is 0.339 e. The monoisotopic (exact) mass is 477 g/mol. The summed E-state index contributed by atoms with van der Waals surface area (Å²) in [7, 11) is 0. The molecular weight excluding hydrogens is 454 g/mol. The van der Waals surface area contributed by atoms with Gasteiger partial charge in [-0.15, -0.1) is 0 Å². The fourth-order valence-corrected chi connectivity index (χ4v) is 4.62. The first-order valence-electron chi connectivity index (χ1n) is 11.6. The van der Waals surface area contributed by atoms with Crippen molar-refractivity contribution in [3.8, 4) is 0 Å². The lowest BCUT2D eigenvalue weighted by Gasteiger charge is -2.21.